The Hall–Kier alpha value is -2.63. The number of carbonyl (C=O) groups is 1. The van der Waals surface area contributed by atoms with Crippen molar-refractivity contribution in [1.29, 1.82) is 0 Å². The van der Waals surface area contributed by atoms with Crippen LogP contribution in [0.4, 0.5) is 0 Å². The smallest absolute Gasteiger partial charge is 0.221 e. The van der Waals surface area contributed by atoms with Gasteiger partial charge < -0.3 is 5.32 Å². The third-order valence-corrected chi connectivity index (χ3v) is 6.65. The summed E-state index contributed by atoms with van der Waals surface area (Å²) in [6, 6.07) is 23.7. The van der Waals surface area contributed by atoms with Crippen molar-refractivity contribution in [3.05, 3.63) is 89.4 Å². The van der Waals surface area contributed by atoms with E-state index in [0.29, 0.717) is 5.02 Å². The lowest BCUT2D eigenvalue weighted by atomic mass is 10.0. The zero-order chi connectivity index (χ0) is 20.9. The van der Waals surface area contributed by atoms with Crippen LogP contribution < -0.4 is 5.32 Å². The van der Waals surface area contributed by atoms with Crippen molar-refractivity contribution in [3.8, 4) is 11.1 Å². The second-order valence-corrected chi connectivity index (χ2v) is 9.35. The van der Waals surface area contributed by atoms with E-state index in [4.69, 9.17) is 11.6 Å². The largest absolute Gasteiger partial charge is 0.350 e. The van der Waals surface area contributed by atoms with Gasteiger partial charge in [0.2, 0.25) is 5.91 Å². The number of rotatable bonds is 7. The Morgan fingerprint density at radius 1 is 0.897 bits per heavy atom. The van der Waals surface area contributed by atoms with Crippen LogP contribution >= 0.6 is 11.6 Å². The van der Waals surface area contributed by atoms with Gasteiger partial charge in [-0.15, -0.1) is 0 Å². The average molecular weight is 428 g/mol. The number of halogens is 1. The van der Waals surface area contributed by atoms with E-state index in [-0.39, 0.29) is 29.0 Å². The maximum atomic E-state index is 12.4. The Morgan fingerprint density at radius 3 is 2.10 bits per heavy atom. The van der Waals surface area contributed by atoms with Gasteiger partial charge in [0.1, 0.15) is 0 Å². The Morgan fingerprint density at radius 2 is 1.48 bits per heavy atom. The molecule has 0 heterocycles. The lowest BCUT2D eigenvalue weighted by Gasteiger charge is -2.15. The van der Waals surface area contributed by atoms with E-state index in [1.165, 1.54) is 24.3 Å². The number of sulfone groups is 1. The first-order chi connectivity index (χ1) is 13.8. The molecule has 1 N–H and O–H groups in total. The molecule has 0 aliphatic heterocycles. The van der Waals surface area contributed by atoms with Crippen LogP contribution in [0.1, 0.15) is 24.9 Å². The van der Waals surface area contributed by atoms with Gasteiger partial charge in [0.25, 0.3) is 0 Å². The minimum Gasteiger partial charge on any atom is -0.350 e. The summed E-state index contributed by atoms with van der Waals surface area (Å²) >= 11 is 5.79. The number of carbonyl (C=O) groups excluding carboxylic acids is 1. The monoisotopic (exact) mass is 427 g/mol. The fourth-order valence-corrected chi connectivity index (χ4v) is 4.35. The van der Waals surface area contributed by atoms with Crippen LogP contribution in [0.15, 0.2) is 83.8 Å². The molecule has 0 spiro atoms. The van der Waals surface area contributed by atoms with E-state index >= 15 is 0 Å². The van der Waals surface area contributed by atoms with Gasteiger partial charge in [-0.2, -0.15) is 0 Å². The molecule has 3 aromatic carbocycles. The normalized spacial score (nSPS) is 12.3. The van der Waals surface area contributed by atoms with E-state index < -0.39 is 9.84 Å². The number of amides is 1. The van der Waals surface area contributed by atoms with Gasteiger partial charge in [-0.25, -0.2) is 8.42 Å². The molecule has 0 aliphatic rings. The summed E-state index contributed by atoms with van der Waals surface area (Å²) in [4.78, 5) is 12.4. The lowest BCUT2D eigenvalue weighted by molar-refractivity contribution is -0.121. The minimum atomic E-state index is -3.53. The Balaban J connectivity index is 1.57. The van der Waals surface area contributed by atoms with E-state index in [1.807, 2.05) is 61.5 Å². The van der Waals surface area contributed by atoms with Crippen LogP contribution in [0.2, 0.25) is 5.02 Å². The predicted octanol–water partition coefficient (Wildman–Crippen LogP) is 5.05. The summed E-state index contributed by atoms with van der Waals surface area (Å²) in [5.41, 5.74) is 3.18. The van der Waals surface area contributed by atoms with Crippen LogP contribution in [0.25, 0.3) is 11.1 Å². The van der Waals surface area contributed by atoms with Crippen molar-refractivity contribution in [2.24, 2.45) is 0 Å². The quantitative estimate of drug-likeness (QED) is 0.574. The topological polar surface area (TPSA) is 63.2 Å². The Labute approximate surface area is 176 Å². The molecule has 6 heteroatoms. The number of hydrogen-bond donors (Lipinski definition) is 1. The third-order valence-electron chi connectivity index (χ3n) is 4.67. The first-order valence-electron chi connectivity index (χ1n) is 9.28. The highest BCUT2D eigenvalue weighted by atomic mass is 35.5. The molecule has 0 saturated heterocycles. The lowest BCUT2D eigenvalue weighted by Crippen LogP contribution is -2.28. The molecular weight excluding hydrogens is 406 g/mol. The number of benzene rings is 3. The third kappa shape index (κ3) is 5.68. The predicted molar refractivity (Wildman–Crippen MR) is 117 cm³/mol. The average Bonchev–Trinajstić information content (AvgIpc) is 2.73. The first-order valence-corrected chi connectivity index (χ1v) is 11.3. The molecule has 3 aromatic rings. The van der Waals surface area contributed by atoms with Crippen LogP contribution in [0, 0.1) is 0 Å². The summed E-state index contributed by atoms with van der Waals surface area (Å²) in [5, 5.41) is 3.33. The summed E-state index contributed by atoms with van der Waals surface area (Å²) < 4.78 is 24.7. The van der Waals surface area contributed by atoms with Crippen molar-refractivity contribution >= 4 is 27.3 Å². The molecular formula is C23H22ClNO3S. The maximum Gasteiger partial charge on any atom is 0.221 e. The fraction of sp³-hybridized carbons (Fsp3) is 0.174. The fourth-order valence-electron chi connectivity index (χ4n) is 2.98. The zero-order valence-corrected chi connectivity index (χ0v) is 17.6. The molecule has 0 aromatic heterocycles. The van der Waals surface area contributed by atoms with Gasteiger partial charge >= 0.3 is 0 Å². The van der Waals surface area contributed by atoms with E-state index in [1.54, 1.807) is 0 Å². The molecule has 4 nitrogen and oxygen atoms in total. The molecule has 1 unspecified atom stereocenters. The molecule has 0 aliphatic carbocycles. The van der Waals surface area contributed by atoms with E-state index in [9.17, 15) is 13.2 Å². The van der Waals surface area contributed by atoms with Crippen LogP contribution in [-0.4, -0.2) is 20.1 Å². The van der Waals surface area contributed by atoms with Gasteiger partial charge in [0.15, 0.2) is 9.84 Å². The van der Waals surface area contributed by atoms with Crippen LogP contribution in [-0.2, 0) is 14.6 Å². The second kappa shape index (κ2) is 9.25. The van der Waals surface area contributed by atoms with Gasteiger partial charge in [0.05, 0.1) is 16.7 Å². The van der Waals surface area contributed by atoms with Crippen LogP contribution in [0.3, 0.4) is 0 Å². The molecule has 1 atom stereocenters. The highest BCUT2D eigenvalue weighted by molar-refractivity contribution is 7.91. The Bertz CT molecular complexity index is 1060. The summed E-state index contributed by atoms with van der Waals surface area (Å²) in [5.74, 6) is -0.553. The van der Waals surface area contributed by atoms with Crippen LogP contribution in [0.5, 0.6) is 0 Å². The van der Waals surface area contributed by atoms with Gasteiger partial charge in [-0.05, 0) is 47.9 Å². The van der Waals surface area contributed by atoms with Crippen molar-refractivity contribution in [2.45, 2.75) is 24.3 Å². The molecule has 0 fully saturated rings. The van der Waals surface area contributed by atoms with Gasteiger partial charge in [-0.3, -0.25) is 4.79 Å². The molecule has 0 saturated carbocycles. The summed E-state index contributed by atoms with van der Waals surface area (Å²) in [7, 11) is -3.53. The first kappa shape index (κ1) is 21.1. The molecule has 0 bridgehead atoms. The molecule has 150 valence electrons. The second-order valence-electron chi connectivity index (χ2n) is 6.80. The van der Waals surface area contributed by atoms with Crippen molar-refractivity contribution in [2.75, 3.05) is 5.75 Å². The molecule has 0 radical (unpaired) electrons. The van der Waals surface area contributed by atoms with Crippen molar-refractivity contribution in [3.63, 3.8) is 0 Å². The molecule has 3 rings (SSSR count). The van der Waals surface area contributed by atoms with Crippen molar-refractivity contribution < 1.29 is 13.2 Å². The zero-order valence-electron chi connectivity index (χ0n) is 16.0. The maximum absolute atomic E-state index is 12.4. The van der Waals surface area contributed by atoms with E-state index in [0.717, 1.165) is 16.7 Å². The molecule has 29 heavy (non-hydrogen) atoms. The highest BCUT2D eigenvalue weighted by Gasteiger charge is 2.17. The SMILES string of the molecule is CC(NC(=O)CCS(=O)(=O)c1ccc(Cl)cc1)c1ccc(-c2ccccc2)cc1. The van der Waals surface area contributed by atoms with Gasteiger partial charge in [-0.1, -0.05) is 66.2 Å². The Kier molecular flexibility index (Phi) is 6.72. The number of nitrogens with one attached hydrogen (secondary N) is 1. The minimum absolute atomic E-state index is 0.0998. The standard InChI is InChI=1S/C23H22ClNO3S/c1-17(18-7-9-20(10-8-18)19-5-3-2-4-6-19)25-23(26)15-16-29(27,28)22-13-11-21(24)12-14-22/h2-14,17H,15-16H2,1H3,(H,25,26). The van der Waals surface area contributed by atoms with E-state index in [2.05, 4.69) is 5.32 Å². The number of hydrogen-bond acceptors (Lipinski definition) is 3. The van der Waals surface area contributed by atoms with Gasteiger partial charge in [0, 0.05) is 11.4 Å². The summed E-state index contributed by atoms with van der Waals surface area (Å²) in [6.45, 7) is 1.88. The summed E-state index contributed by atoms with van der Waals surface area (Å²) in [6.07, 6.45) is -0.0998. The van der Waals surface area contributed by atoms with Crippen molar-refractivity contribution in [1.82, 2.24) is 5.32 Å². The highest BCUT2D eigenvalue weighted by Crippen LogP contribution is 2.22. The molecule has 1 amide bonds.